The molecule has 0 bridgehead atoms. The van der Waals surface area contributed by atoms with Crippen molar-refractivity contribution in [3.63, 3.8) is 0 Å². The van der Waals surface area contributed by atoms with E-state index in [1.807, 2.05) is 19.1 Å². The van der Waals surface area contributed by atoms with Crippen LogP contribution < -0.4 is 5.73 Å². The average molecular weight is 432 g/mol. The van der Waals surface area contributed by atoms with Gasteiger partial charge in [-0.05, 0) is 63.1 Å². The van der Waals surface area contributed by atoms with Gasteiger partial charge in [-0.1, -0.05) is 29.3 Å². The molecular weight excluding hydrogens is 401 g/mol. The Bertz CT molecular complexity index is 622. The molecule has 0 aliphatic carbocycles. The number of ether oxygens (including phenoxy) is 3. The highest BCUT2D eigenvalue weighted by Gasteiger charge is 2.31. The zero-order valence-corrected chi connectivity index (χ0v) is 18.1. The minimum Gasteiger partial charge on any atom is -0.466 e. The quantitative estimate of drug-likeness (QED) is 0.506. The molecule has 0 spiro atoms. The van der Waals surface area contributed by atoms with Gasteiger partial charge in [0, 0.05) is 25.0 Å². The summed E-state index contributed by atoms with van der Waals surface area (Å²) in [6.07, 6.45) is 5.48. The Balaban J connectivity index is 2.07. The lowest BCUT2D eigenvalue weighted by atomic mass is 9.74. The van der Waals surface area contributed by atoms with Crippen LogP contribution in [-0.2, 0) is 24.4 Å². The number of benzene rings is 1. The molecule has 1 aromatic carbocycles. The Hall–Kier alpha value is -0.850. The van der Waals surface area contributed by atoms with Gasteiger partial charge >= 0.3 is 5.97 Å². The van der Waals surface area contributed by atoms with Gasteiger partial charge in [-0.15, -0.1) is 0 Å². The van der Waals surface area contributed by atoms with E-state index in [-0.39, 0.29) is 17.7 Å². The number of halogens is 2. The summed E-state index contributed by atoms with van der Waals surface area (Å²) in [6.45, 7) is 3.90. The number of rotatable bonds is 11. The van der Waals surface area contributed by atoms with Crippen LogP contribution in [0.2, 0.25) is 10.0 Å². The first-order valence-electron chi connectivity index (χ1n) is 10.0. The van der Waals surface area contributed by atoms with Crippen LogP contribution in [0.5, 0.6) is 0 Å². The van der Waals surface area contributed by atoms with E-state index in [1.54, 1.807) is 6.07 Å². The lowest BCUT2D eigenvalue weighted by Crippen LogP contribution is -2.37. The van der Waals surface area contributed by atoms with Gasteiger partial charge in [0.05, 0.1) is 23.3 Å². The van der Waals surface area contributed by atoms with E-state index in [4.69, 9.17) is 43.1 Å². The minimum atomic E-state index is -0.352. The van der Waals surface area contributed by atoms with Crippen LogP contribution in [0.4, 0.5) is 0 Å². The highest BCUT2D eigenvalue weighted by Crippen LogP contribution is 2.36. The van der Waals surface area contributed by atoms with Crippen LogP contribution in [0.15, 0.2) is 18.2 Å². The molecule has 1 aliphatic rings. The zero-order chi connectivity index (χ0) is 20.4. The molecule has 28 heavy (non-hydrogen) atoms. The second-order valence-electron chi connectivity index (χ2n) is 7.19. The lowest BCUT2D eigenvalue weighted by molar-refractivity contribution is -0.164. The number of carbonyl (C=O) groups is 1. The van der Waals surface area contributed by atoms with Gasteiger partial charge < -0.3 is 19.9 Å². The van der Waals surface area contributed by atoms with Gasteiger partial charge in [0.25, 0.3) is 0 Å². The molecule has 1 aliphatic heterocycles. The van der Waals surface area contributed by atoms with E-state index >= 15 is 0 Å². The minimum absolute atomic E-state index is 0.141. The standard InChI is InChI=1S/C21H31Cl2NO4/c1-2-26-19(25)6-5-10-21(15-24,16-8-9-17(22)18(23)14-16)11-13-28-20-7-3-4-12-27-20/h8-9,14,20H,2-7,10-13,15,24H2,1H3. The SMILES string of the molecule is CCOC(=O)CCCC(CN)(CCOC1CCCCO1)c1ccc(Cl)c(Cl)c1. The van der Waals surface area contributed by atoms with Crippen LogP contribution in [0.3, 0.4) is 0 Å². The maximum atomic E-state index is 11.7. The first kappa shape index (κ1) is 23.4. The molecule has 1 saturated heterocycles. The largest absolute Gasteiger partial charge is 0.466 e. The molecule has 7 heteroatoms. The fourth-order valence-electron chi connectivity index (χ4n) is 3.59. The first-order chi connectivity index (χ1) is 13.5. The molecule has 0 amide bonds. The fourth-order valence-corrected chi connectivity index (χ4v) is 3.89. The smallest absolute Gasteiger partial charge is 0.305 e. The number of nitrogens with two attached hydrogens (primary N) is 1. The van der Waals surface area contributed by atoms with E-state index in [0.717, 1.165) is 37.9 Å². The van der Waals surface area contributed by atoms with Crippen LogP contribution in [-0.4, -0.2) is 38.6 Å². The maximum Gasteiger partial charge on any atom is 0.305 e. The van der Waals surface area contributed by atoms with Crippen molar-refractivity contribution in [2.75, 3.05) is 26.4 Å². The predicted octanol–water partition coefficient (Wildman–Crippen LogP) is 4.86. The molecule has 0 saturated carbocycles. The Kier molecular flexibility index (Phi) is 10.0. The van der Waals surface area contributed by atoms with Crippen molar-refractivity contribution in [2.24, 2.45) is 5.73 Å². The molecule has 2 atom stereocenters. The molecule has 2 N–H and O–H groups in total. The summed E-state index contributed by atoms with van der Waals surface area (Å²) in [6, 6.07) is 5.63. The number of hydrogen-bond acceptors (Lipinski definition) is 5. The third-order valence-corrected chi connectivity index (χ3v) is 6.03. The van der Waals surface area contributed by atoms with Crippen molar-refractivity contribution in [1.82, 2.24) is 0 Å². The van der Waals surface area contributed by atoms with Crippen molar-refractivity contribution < 1.29 is 19.0 Å². The van der Waals surface area contributed by atoms with Gasteiger partial charge in [-0.2, -0.15) is 0 Å². The Morgan fingerprint density at radius 2 is 2.11 bits per heavy atom. The predicted molar refractivity (Wildman–Crippen MR) is 112 cm³/mol. The summed E-state index contributed by atoms with van der Waals surface area (Å²) in [5, 5.41) is 1.01. The van der Waals surface area contributed by atoms with Crippen LogP contribution in [0.1, 0.15) is 57.4 Å². The molecule has 0 aromatic heterocycles. The molecule has 1 fully saturated rings. The third kappa shape index (κ3) is 6.89. The monoisotopic (exact) mass is 431 g/mol. The summed E-state index contributed by atoms with van der Waals surface area (Å²) < 4.78 is 16.6. The normalized spacial score (nSPS) is 19.2. The van der Waals surface area contributed by atoms with Crippen molar-refractivity contribution in [3.05, 3.63) is 33.8 Å². The van der Waals surface area contributed by atoms with Crippen molar-refractivity contribution in [1.29, 1.82) is 0 Å². The molecule has 1 aromatic rings. The highest BCUT2D eigenvalue weighted by molar-refractivity contribution is 6.42. The molecule has 0 radical (unpaired) electrons. The van der Waals surface area contributed by atoms with E-state index in [9.17, 15) is 4.79 Å². The second kappa shape index (κ2) is 12.0. The van der Waals surface area contributed by atoms with Gasteiger partial charge in [-0.25, -0.2) is 0 Å². The molecule has 158 valence electrons. The van der Waals surface area contributed by atoms with E-state index in [2.05, 4.69) is 0 Å². The topological polar surface area (TPSA) is 70.8 Å². The molecule has 5 nitrogen and oxygen atoms in total. The number of esters is 1. The van der Waals surface area contributed by atoms with Gasteiger partial charge in [-0.3, -0.25) is 4.79 Å². The second-order valence-corrected chi connectivity index (χ2v) is 8.00. The van der Waals surface area contributed by atoms with Crippen LogP contribution in [0.25, 0.3) is 0 Å². The summed E-state index contributed by atoms with van der Waals surface area (Å²) in [4.78, 5) is 11.7. The van der Waals surface area contributed by atoms with Crippen LogP contribution in [0, 0.1) is 0 Å². The Morgan fingerprint density at radius 3 is 2.75 bits per heavy atom. The van der Waals surface area contributed by atoms with Gasteiger partial charge in [0.2, 0.25) is 0 Å². The number of hydrogen-bond donors (Lipinski definition) is 1. The Morgan fingerprint density at radius 1 is 1.29 bits per heavy atom. The summed E-state index contributed by atoms with van der Waals surface area (Å²) in [5.41, 5.74) is 6.91. The number of carbonyl (C=O) groups excluding carboxylic acids is 1. The van der Waals surface area contributed by atoms with Gasteiger partial charge in [0.1, 0.15) is 0 Å². The molecule has 2 unspecified atom stereocenters. The first-order valence-corrected chi connectivity index (χ1v) is 10.8. The van der Waals surface area contributed by atoms with E-state index in [1.165, 1.54) is 0 Å². The Labute approximate surface area is 177 Å². The maximum absolute atomic E-state index is 11.7. The van der Waals surface area contributed by atoms with Crippen molar-refractivity contribution in [2.45, 2.75) is 63.6 Å². The fraction of sp³-hybridized carbons (Fsp3) is 0.667. The van der Waals surface area contributed by atoms with Gasteiger partial charge in [0.15, 0.2) is 6.29 Å². The van der Waals surface area contributed by atoms with E-state index < -0.39 is 0 Å². The zero-order valence-electron chi connectivity index (χ0n) is 16.6. The molecule has 2 rings (SSSR count). The molecule has 1 heterocycles. The van der Waals surface area contributed by atoms with Crippen molar-refractivity contribution >= 4 is 29.2 Å². The van der Waals surface area contributed by atoms with Crippen molar-refractivity contribution in [3.8, 4) is 0 Å². The van der Waals surface area contributed by atoms with E-state index in [0.29, 0.717) is 49.1 Å². The third-order valence-electron chi connectivity index (χ3n) is 5.29. The highest BCUT2D eigenvalue weighted by atomic mass is 35.5. The summed E-state index contributed by atoms with van der Waals surface area (Å²) in [7, 11) is 0. The van der Waals surface area contributed by atoms with Crippen LogP contribution >= 0.6 is 23.2 Å². The summed E-state index contributed by atoms with van der Waals surface area (Å²) >= 11 is 12.4. The molecular formula is C21H31Cl2NO4. The average Bonchev–Trinajstić information content (AvgIpc) is 2.70. The summed E-state index contributed by atoms with van der Waals surface area (Å²) in [5.74, 6) is -0.186. The lowest BCUT2D eigenvalue weighted by Gasteiger charge is -2.34.